The van der Waals surface area contributed by atoms with Crippen LogP contribution in [0.5, 0.6) is 5.75 Å². The zero-order chi connectivity index (χ0) is 17.2. The largest absolute Gasteiger partial charge is 0.494 e. The Morgan fingerprint density at radius 3 is 2.96 bits per heavy atom. The van der Waals surface area contributed by atoms with Crippen LogP contribution in [-0.4, -0.2) is 36.9 Å². The van der Waals surface area contributed by atoms with Gasteiger partial charge in [0.15, 0.2) is 0 Å². The number of nitrogens with zero attached hydrogens (tertiary/aromatic N) is 1. The lowest BCUT2D eigenvalue weighted by atomic mass is 10.0. The van der Waals surface area contributed by atoms with Crippen molar-refractivity contribution in [2.75, 3.05) is 19.0 Å². The SMILES string of the molecule is COc1ccc(NC(=O)N[C@H]2CCO[C@@H](C3CC3)C2)c2cccnc12. The minimum Gasteiger partial charge on any atom is -0.494 e. The van der Waals surface area contributed by atoms with Crippen LogP contribution in [-0.2, 0) is 4.74 Å². The van der Waals surface area contributed by atoms with Crippen molar-refractivity contribution in [3.63, 3.8) is 0 Å². The first kappa shape index (κ1) is 16.1. The van der Waals surface area contributed by atoms with Gasteiger partial charge in [0, 0.05) is 24.2 Å². The van der Waals surface area contributed by atoms with Crippen molar-refractivity contribution in [3.8, 4) is 5.75 Å². The molecule has 2 amide bonds. The Morgan fingerprint density at radius 2 is 2.16 bits per heavy atom. The van der Waals surface area contributed by atoms with Gasteiger partial charge in [-0.15, -0.1) is 0 Å². The highest BCUT2D eigenvalue weighted by atomic mass is 16.5. The molecule has 2 aromatic rings. The lowest BCUT2D eigenvalue weighted by Gasteiger charge is -2.30. The summed E-state index contributed by atoms with van der Waals surface area (Å²) < 4.78 is 11.2. The van der Waals surface area contributed by atoms with Crippen molar-refractivity contribution < 1.29 is 14.3 Å². The number of pyridine rings is 1. The maximum absolute atomic E-state index is 12.5. The smallest absolute Gasteiger partial charge is 0.319 e. The Kier molecular flexibility index (Phi) is 4.44. The second-order valence-electron chi connectivity index (χ2n) is 6.78. The Morgan fingerprint density at radius 1 is 1.28 bits per heavy atom. The molecule has 2 heterocycles. The predicted molar refractivity (Wildman–Crippen MR) is 95.9 cm³/mol. The molecule has 1 saturated heterocycles. The molecule has 25 heavy (non-hydrogen) atoms. The maximum Gasteiger partial charge on any atom is 0.319 e. The fraction of sp³-hybridized carbons (Fsp3) is 0.474. The van der Waals surface area contributed by atoms with E-state index in [4.69, 9.17) is 9.47 Å². The summed E-state index contributed by atoms with van der Waals surface area (Å²) >= 11 is 0. The van der Waals surface area contributed by atoms with E-state index in [1.54, 1.807) is 13.3 Å². The third kappa shape index (κ3) is 3.54. The van der Waals surface area contributed by atoms with Gasteiger partial charge in [0.25, 0.3) is 0 Å². The minimum atomic E-state index is -0.184. The molecule has 0 unspecified atom stereocenters. The number of carbonyl (C=O) groups excluding carboxylic acids is 1. The average molecular weight is 341 g/mol. The van der Waals surface area contributed by atoms with Gasteiger partial charge in [-0.2, -0.15) is 0 Å². The Bertz CT molecular complexity index is 776. The molecule has 1 saturated carbocycles. The Hall–Kier alpha value is -2.34. The molecule has 0 radical (unpaired) electrons. The van der Waals surface area contributed by atoms with Gasteiger partial charge >= 0.3 is 6.03 Å². The van der Waals surface area contributed by atoms with Crippen molar-refractivity contribution in [1.29, 1.82) is 0 Å². The number of nitrogens with one attached hydrogen (secondary N) is 2. The highest BCUT2D eigenvalue weighted by Crippen LogP contribution is 2.38. The first-order valence-electron chi connectivity index (χ1n) is 8.85. The first-order chi connectivity index (χ1) is 12.2. The van der Waals surface area contributed by atoms with Gasteiger partial charge in [-0.25, -0.2) is 4.79 Å². The fourth-order valence-electron chi connectivity index (χ4n) is 3.52. The number of anilines is 1. The van der Waals surface area contributed by atoms with Crippen molar-refractivity contribution in [1.82, 2.24) is 10.3 Å². The van der Waals surface area contributed by atoms with Crippen molar-refractivity contribution in [2.45, 2.75) is 37.8 Å². The number of hydrogen-bond donors (Lipinski definition) is 2. The number of benzene rings is 1. The number of carbonyl (C=O) groups is 1. The molecule has 6 nitrogen and oxygen atoms in total. The van der Waals surface area contributed by atoms with Crippen LogP contribution in [0, 0.1) is 5.92 Å². The zero-order valence-corrected chi connectivity index (χ0v) is 14.3. The number of ether oxygens (including phenoxy) is 2. The summed E-state index contributed by atoms with van der Waals surface area (Å²) in [5, 5.41) is 6.91. The molecule has 1 aliphatic carbocycles. The molecule has 2 N–H and O–H groups in total. The molecular weight excluding hydrogens is 318 g/mol. The highest BCUT2D eigenvalue weighted by Gasteiger charge is 2.36. The monoisotopic (exact) mass is 341 g/mol. The highest BCUT2D eigenvalue weighted by molar-refractivity contribution is 6.02. The topological polar surface area (TPSA) is 72.5 Å². The lowest BCUT2D eigenvalue weighted by Crippen LogP contribution is -2.44. The average Bonchev–Trinajstić information content (AvgIpc) is 3.47. The van der Waals surface area contributed by atoms with Gasteiger partial charge in [-0.3, -0.25) is 4.98 Å². The summed E-state index contributed by atoms with van der Waals surface area (Å²) in [7, 11) is 1.62. The van der Waals surface area contributed by atoms with Gasteiger partial charge in [0.2, 0.25) is 0 Å². The molecule has 1 aliphatic heterocycles. The van der Waals surface area contributed by atoms with Gasteiger partial charge in [-0.05, 0) is 55.9 Å². The fourth-order valence-corrected chi connectivity index (χ4v) is 3.52. The van der Waals surface area contributed by atoms with Gasteiger partial charge in [-0.1, -0.05) is 0 Å². The lowest BCUT2D eigenvalue weighted by molar-refractivity contribution is -0.00889. The van der Waals surface area contributed by atoms with Crippen molar-refractivity contribution >= 4 is 22.6 Å². The summed E-state index contributed by atoms with van der Waals surface area (Å²) in [5.41, 5.74) is 1.47. The number of rotatable bonds is 4. The zero-order valence-electron chi connectivity index (χ0n) is 14.3. The molecular formula is C19H23N3O3. The Balaban J connectivity index is 1.45. The van der Waals surface area contributed by atoms with Gasteiger partial charge in [0.1, 0.15) is 11.3 Å². The quantitative estimate of drug-likeness (QED) is 0.895. The number of fused-ring (bicyclic) bond motifs is 1. The maximum atomic E-state index is 12.5. The van der Waals surface area contributed by atoms with E-state index in [1.165, 1.54) is 12.8 Å². The van der Waals surface area contributed by atoms with E-state index in [1.807, 2.05) is 24.3 Å². The number of amides is 2. The van der Waals surface area contributed by atoms with Crippen LogP contribution in [0.25, 0.3) is 10.9 Å². The van der Waals surface area contributed by atoms with Gasteiger partial charge < -0.3 is 20.1 Å². The molecule has 0 bridgehead atoms. The molecule has 4 rings (SSSR count). The van der Waals surface area contributed by atoms with Crippen LogP contribution in [0.4, 0.5) is 10.5 Å². The van der Waals surface area contributed by atoms with Crippen LogP contribution in [0.15, 0.2) is 30.5 Å². The standard InChI is InChI=1S/C19H23N3O3/c1-24-16-7-6-15(14-3-2-9-20-18(14)16)22-19(23)21-13-8-10-25-17(11-13)12-4-5-12/h2-3,6-7,9,12-13,17H,4-5,8,10-11H2,1H3,(H2,21,22,23)/t13-,17+/m0/s1. The Labute approximate surface area is 146 Å². The summed E-state index contributed by atoms with van der Waals surface area (Å²) in [5.74, 6) is 1.39. The van der Waals surface area contributed by atoms with Crippen LogP contribution >= 0.6 is 0 Å². The molecule has 6 heteroatoms. The van der Waals surface area contributed by atoms with Crippen LogP contribution < -0.4 is 15.4 Å². The third-order valence-corrected chi connectivity index (χ3v) is 5.00. The normalized spacial score (nSPS) is 23.2. The van der Waals surface area contributed by atoms with E-state index in [9.17, 15) is 4.79 Å². The van der Waals surface area contributed by atoms with Crippen molar-refractivity contribution in [3.05, 3.63) is 30.5 Å². The number of methoxy groups -OCH3 is 1. The van der Waals surface area contributed by atoms with Crippen LogP contribution in [0.1, 0.15) is 25.7 Å². The molecule has 1 aromatic heterocycles. The number of urea groups is 1. The molecule has 132 valence electrons. The summed E-state index contributed by atoms with van der Waals surface area (Å²) in [6, 6.07) is 7.43. The van der Waals surface area contributed by atoms with Crippen molar-refractivity contribution in [2.24, 2.45) is 5.92 Å². The second-order valence-corrected chi connectivity index (χ2v) is 6.78. The van der Waals surface area contributed by atoms with E-state index < -0.39 is 0 Å². The molecule has 2 atom stereocenters. The third-order valence-electron chi connectivity index (χ3n) is 5.00. The predicted octanol–water partition coefficient (Wildman–Crippen LogP) is 3.32. The molecule has 2 aliphatic rings. The van der Waals surface area contributed by atoms with E-state index >= 15 is 0 Å². The first-order valence-corrected chi connectivity index (χ1v) is 8.85. The molecule has 1 aromatic carbocycles. The molecule has 0 spiro atoms. The second kappa shape index (κ2) is 6.88. The number of aromatic nitrogens is 1. The molecule has 2 fully saturated rings. The van der Waals surface area contributed by atoms with E-state index in [2.05, 4.69) is 15.6 Å². The van der Waals surface area contributed by atoms with E-state index in [0.717, 1.165) is 36.0 Å². The van der Waals surface area contributed by atoms with Crippen LogP contribution in [0.2, 0.25) is 0 Å². The minimum absolute atomic E-state index is 0.169. The van der Waals surface area contributed by atoms with Gasteiger partial charge in [0.05, 0.1) is 18.9 Å². The number of hydrogen-bond acceptors (Lipinski definition) is 4. The van der Waals surface area contributed by atoms with Crippen LogP contribution in [0.3, 0.4) is 0 Å². The summed E-state index contributed by atoms with van der Waals surface area (Å²) in [6.07, 6.45) is 6.31. The van der Waals surface area contributed by atoms with E-state index in [-0.39, 0.29) is 12.1 Å². The summed E-state index contributed by atoms with van der Waals surface area (Å²) in [4.78, 5) is 16.8. The summed E-state index contributed by atoms with van der Waals surface area (Å²) in [6.45, 7) is 0.724. The van der Waals surface area contributed by atoms with E-state index in [0.29, 0.717) is 17.8 Å².